The third-order valence-corrected chi connectivity index (χ3v) is 3.17. The predicted octanol–water partition coefficient (Wildman–Crippen LogP) is 1.57. The van der Waals surface area contributed by atoms with Gasteiger partial charge in [0.05, 0.1) is 6.61 Å². The fourth-order valence-electron chi connectivity index (χ4n) is 1.13. The van der Waals surface area contributed by atoms with Gasteiger partial charge in [0.1, 0.15) is 6.33 Å². The number of nitrogens with zero attached hydrogens (tertiary/aromatic N) is 2. The quantitative estimate of drug-likeness (QED) is 0.669. The highest BCUT2D eigenvalue weighted by atomic mass is 32.2. The van der Waals surface area contributed by atoms with Crippen LogP contribution < -0.4 is 0 Å². The predicted molar refractivity (Wildman–Crippen MR) is 56.6 cm³/mol. The van der Waals surface area contributed by atoms with Crippen molar-refractivity contribution < 1.29 is 12.6 Å². The van der Waals surface area contributed by atoms with Crippen LogP contribution in [0.2, 0.25) is 0 Å². The molecule has 0 unspecified atom stereocenters. The lowest BCUT2D eigenvalue weighted by Gasteiger charge is -2.04. The van der Waals surface area contributed by atoms with Gasteiger partial charge in [-0.05, 0) is 6.42 Å². The molecule has 0 aliphatic rings. The van der Waals surface area contributed by atoms with Crippen molar-refractivity contribution >= 4 is 10.3 Å². The van der Waals surface area contributed by atoms with E-state index in [0.717, 1.165) is 29.7 Å². The van der Waals surface area contributed by atoms with E-state index in [1.54, 1.807) is 0 Å². The van der Waals surface area contributed by atoms with E-state index in [0.29, 0.717) is 0 Å². The van der Waals surface area contributed by atoms with Gasteiger partial charge in [-0.15, -0.1) is 0 Å². The molecule has 0 radical (unpaired) electrons. The van der Waals surface area contributed by atoms with E-state index in [2.05, 4.69) is 11.9 Å². The minimum Gasteiger partial charge on any atom is -0.253 e. The van der Waals surface area contributed by atoms with Crippen LogP contribution in [0.1, 0.15) is 32.6 Å². The average molecular weight is 232 g/mol. The summed E-state index contributed by atoms with van der Waals surface area (Å²) >= 11 is 0. The molecule has 0 saturated heterocycles. The number of rotatable bonds is 7. The molecule has 6 heteroatoms. The van der Waals surface area contributed by atoms with Crippen LogP contribution in [0.3, 0.4) is 0 Å². The smallest absolute Gasteiger partial charge is 0.253 e. The van der Waals surface area contributed by atoms with Crippen LogP contribution in [0.25, 0.3) is 0 Å². The zero-order valence-corrected chi connectivity index (χ0v) is 9.61. The topological polar surface area (TPSA) is 61.2 Å². The molecule has 15 heavy (non-hydrogen) atoms. The summed E-state index contributed by atoms with van der Waals surface area (Å²) in [7, 11) is -3.65. The van der Waals surface area contributed by atoms with Crippen molar-refractivity contribution in [3.05, 3.63) is 18.7 Å². The summed E-state index contributed by atoms with van der Waals surface area (Å²) in [5, 5.41) is 0. The van der Waals surface area contributed by atoms with Gasteiger partial charge in [0.2, 0.25) is 0 Å². The van der Waals surface area contributed by atoms with Crippen LogP contribution in [0.4, 0.5) is 0 Å². The van der Waals surface area contributed by atoms with E-state index in [4.69, 9.17) is 4.18 Å². The molecule has 0 spiro atoms. The maximum Gasteiger partial charge on any atom is 0.367 e. The van der Waals surface area contributed by atoms with Gasteiger partial charge in [-0.25, -0.2) is 8.96 Å². The molecule has 1 aromatic rings. The fraction of sp³-hybridized carbons (Fsp3) is 0.667. The van der Waals surface area contributed by atoms with E-state index in [-0.39, 0.29) is 6.61 Å². The zero-order valence-electron chi connectivity index (χ0n) is 8.80. The summed E-state index contributed by atoms with van der Waals surface area (Å²) in [6.45, 7) is 2.34. The molecule has 1 aromatic heterocycles. The maximum absolute atomic E-state index is 11.4. The first-order chi connectivity index (χ1) is 7.17. The minimum atomic E-state index is -3.65. The molecular weight excluding hydrogens is 216 g/mol. The van der Waals surface area contributed by atoms with Crippen LogP contribution in [0, 0.1) is 0 Å². The molecule has 0 aromatic carbocycles. The Morgan fingerprint density at radius 2 is 2.13 bits per heavy atom. The van der Waals surface area contributed by atoms with Crippen LogP contribution in [0.5, 0.6) is 0 Å². The summed E-state index contributed by atoms with van der Waals surface area (Å²) < 4.78 is 28.6. The molecule has 0 N–H and O–H groups in total. The highest BCUT2D eigenvalue weighted by Gasteiger charge is 2.11. The summed E-state index contributed by atoms with van der Waals surface area (Å²) in [6, 6.07) is 0. The van der Waals surface area contributed by atoms with Gasteiger partial charge in [-0.1, -0.05) is 26.2 Å². The van der Waals surface area contributed by atoms with Crippen LogP contribution in [-0.2, 0) is 14.5 Å². The third-order valence-electron chi connectivity index (χ3n) is 1.97. The minimum absolute atomic E-state index is 0.237. The van der Waals surface area contributed by atoms with E-state index >= 15 is 0 Å². The van der Waals surface area contributed by atoms with Crippen molar-refractivity contribution in [1.29, 1.82) is 0 Å². The second-order valence-corrected chi connectivity index (χ2v) is 4.75. The largest absolute Gasteiger partial charge is 0.367 e. The molecule has 5 nitrogen and oxygen atoms in total. The van der Waals surface area contributed by atoms with E-state index < -0.39 is 10.3 Å². The van der Waals surface area contributed by atoms with Crippen molar-refractivity contribution in [3.63, 3.8) is 0 Å². The molecule has 0 aliphatic carbocycles. The summed E-state index contributed by atoms with van der Waals surface area (Å²) in [5.41, 5.74) is 0. The van der Waals surface area contributed by atoms with Crippen LogP contribution >= 0.6 is 0 Å². The first-order valence-corrected chi connectivity index (χ1v) is 6.41. The molecule has 0 amide bonds. The number of hydrogen-bond donors (Lipinski definition) is 0. The lowest BCUT2D eigenvalue weighted by Crippen LogP contribution is -2.15. The molecule has 0 bridgehead atoms. The van der Waals surface area contributed by atoms with E-state index in [1.165, 1.54) is 18.7 Å². The Hall–Kier alpha value is -0.880. The van der Waals surface area contributed by atoms with Crippen molar-refractivity contribution in [2.75, 3.05) is 6.61 Å². The van der Waals surface area contributed by atoms with Gasteiger partial charge < -0.3 is 0 Å². The van der Waals surface area contributed by atoms with E-state index in [1.807, 2.05) is 0 Å². The van der Waals surface area contributed by atoms with Crippen LogP contribution in [0.15, 0.2) is 18.7 Å². The Morgan fingerprint density at radius 1 is 1.33 bits per heavy atom. The number of imidazole rings is 1. The lowest BCUT2D eigenvalue weighted by molar-refractivity contribution is 0.302. The molecule has 1 rings (SSSR count). The molecule has 0 aliphatic heterocycles. The summed E-state index contributed by atoms with van der Waals surface area (Å²) in [5.74, 6) is 0. The van der Waals surface area contributed by atoms with Crippen molar-refractivity contribution in [2.45, 2.75) is 32.6 Å². The number of unbranched alkanes of at least 4 members (excludes halogenated alkanes) is 3. The van der Waals surface area contributed by atoms with Crippen molar-refractivity contribution in [3.8, 4) is 0 Å². The zero-order chi connectivity index (χ0) is 11.1. The molecule has 86 valence electrons. The number of hydrogen-bond acceptors (Lipinski definition) is 4. The Balaban J connectivity index is 2.32. The van der Waals surface area contributed by atoms with E-state index in [9.17, 15) is 8.42 Å². The first-order valence-electron chi connectivity index (χ1n) is 5.04. The Labute approximate surface area is 90.3 Å². The normalized spacial score (nSPS) is 11.8. The van der Waals surface area contributed by atoms with Gasteiger partial charge in [0.25, 0.3) is 0 Å². The van der Waals surface area contributed by atoms with Gasteiger partial charge >= 0.3 is 10.3 Å². The maximum atomic E-state index is 11.4. The Morgan fingerprint density at radius 3 is 2.73 bits per heavy atom. The highest BCUT2D eigenvalue weighted by molar-refractivity contribution is 7.85. The summed E-state index contributed by atoms with van der Waals surface area (Å²) in [4.78, 5) is 3.65. The van der Waals surface area contributed by atoms with Gasteiger partial charge in [0, 0.05) is 12.4 Å². The van der Waals surface area contributed by atoms with Gasteiger partial charge in [0.15, 0.2) is 0 Å². The summed E-state index contributed by atoms with van der Waals surface area (Å²) in [6.07, 6.45) is 7.95. The third kappa shape index (κ3) is 4.01. The second-order valence-electron chi connectivity index (χ2n) is 3.23. The monoisotopic (exact) mass is 232 g/mol. The molecule has 0 atom stereocenters. The van der Waals surface area contributed by atoms with Crippen molar-refractivity contribution in [2.24, 2.45) is 0 Å². The fourth-order valence-corrected chi connectivity index (χ4v) is 1.96. The molecular formula is C9H16N2O3S. The molecule has 0 fully saturated rings. The Kier molecular flexibility index (Phi) is 4.77. The molecule has 1 heterocycles. The first kappa shape index (κ1) is 12.2. The highest BCUT2D eigenvalue weighted by Crippen LogP contribution is 2.03. The van der Waals surface area contributed by atoms with Crippen molar-refractivity contribution in [1.82, 2.24) is 8.96 Å². The average Bonchev–Trinajstić information content (AvgIpc) is 2.70. The Bertz CT molecular complexity index is 359. The standard InChI is InChI=1S/C9H16N2O3S/c1-2-3-4-5-8-14-15(12,13)11-7-6-10-9-11/h6-7,9H,2-5,8H2,1H3. The molecule has 0 saturated carbocycles. The van der Waals surface area contributed by atoms with Gasteiger partial charge in [-0.3, -0.25) is 4.18 Å². The van der Waals surface area contributed by atoms with Crippen LogP contribution in [-0.4, -0.2) is 24.0 Å². The number of aromatic nitrogens is 2. The second kappa shape index (κ2) is 5.87. The van der Waals surface area contributed by atoms with Gasteiger partial charge in [-0.2, -0.15) is 8.42 Å². The SMILES string of the molecule is CCCCCCOS(=O)(=O)n1ccnc1. The lowest BCUT2D eigenvalue weighted by atomic mass is 10.2.